The Balaban J connectivity index is 1.83. The molecule has 0 spiro atoms. The molecule has 0 amide bonds. The molecule has 0 saturated carbocycles. The van der Waals surface area contributed by atoms with Gasteiger partial charge in [-0.1, -0.05) is 0 Å². The first kappa shape index (κ1) is 14.3. The first-order chi connectivity index (χ1) is 12.9. The maximum atomic E-state index is 6.29. The predicted molar refractivity (Wildman–Crippen MR) is 109 cm³/mol. The van der Waals surface area contributed by atoms with Gasteiger partial charge in [0.25, 0.3) is 0 Å². The van der Waals surface area contributed by atoms with E-state index in [1.54, 1.807) is 0 Å². The molecule has 26 heavy (non-hydrogen) atoms. The van der Waals surface area contributed by atoms with Crippen molar-refractivity contribution < 1.29 is 4.42 Å². The number of rotatable bonds is 1. The van der Waals surface area contributed by atoms with E-state index < -0.39 is 0 Å². The van der Waals surface area contributed by atoms with Crippen molar-refractivity contribution in [3.8, 4) is 10.1 Å². The molecule has 0 aliphatic rings. The molecule has 0 fully saturated rings. The number of fused-ring (bicyclic) bond motifs is 6. The Hall–Kier alpha value is -2.87. The van der Waals surface area contributed by atoms with Crippen LogP contribution >= 0.6 is 0 Å². The Labute approximate surface area is 155 Å². The second-order valence-electron chi connectivity index (χ2n) is 6.43. The van der Waals surface area contributed by atoms with Crippen molar-refractivity contribution in [1.82, 2.24) is 4.98 Å². The zero-order chi connectivity index (χ0) is 17.1. The van der Waals surface area contributed by atoms with Crippen LogP contribution in [-0.2, 0) is 0 Å². The van der Waals surface area contributed by atoms with Gasteiger partial charge in [0.05, 0.1) is 0 Å². The maximum absolute atomic E-state index is 6.29. The van der Waals surface area contributed by atoms with E-state index in [1.807, 2.05) is 12.1 Å². The Morgan fingerprint density at radius 2 is 1.54 bits per heavy atom. The van der Waals surface area contributed by atoms with Gasteiger partial charge < -0.3 is 0 Å². The molecule has 122 valence electrons. The van der Waals surface area contributed by atoms with Crippen molar-refractivity contribution >= 4 is 57.0 Å². The van der Waals surface area contributed by atoms with Crippen LogP contribution in [0.2, 0.25) is 0 Å². The van der Waals surface area contributed by atoms with Crippen LogP contribution in [0.5, 0.6) is 0 Å². The molecule has 0 bridgehead atoms. The summed E-state index contributed by atoms with van der Waals surface area (Å²) in [5.41, 5.74) is 4.22. The van der Waals surface area contributed by atoms with Gasteiger partial charge in [0.2, 0.25) is 0 Å². The van der Waals surface area contributed by atoms with Crippen LogP contribution in [0.25, 0.3) is 52.6 Å². The van der Waals surface area contributed by atoms with Gasteiger partial charge in [-0.25, -0.2) is 0 Å². The van der Waals surface area contributed by atoms with E-state index >= 15 is 0 Å². The predicted octanol–water partition coefficient (Wildman–Crippen LogP) is 6.01. The second-order valence-corrected chi connectivity index (χ2v) is 8.60. The number of benzene rings is 4. The van der Waals surface area contributed by atoms with Crippen molar-refractivity contribution in [2.45, 2.75) is 0 Å². The summed E-state index contributed by atoms with van der Waals surface area (Å²) in [6.45, 7) is 0. The molecule has 4 aromatic carbocycles. The van der Waals surface area contributed by atoms with Crippen LogP contribution in [0.3, 0.4) is 0 Å². The van der Waals surface area contributed by atoms with Gasteiger partial charge in [0.15, 0.2) is 0 Å². The number of nitrogens with zero attached hydrogens (tertiary/aromatic N) is 1. The summed E-state index contributed by atoms with van der Waals surface area (Å²) in [6, 6.07) is 27.5. The Kier molecular flexibility index (Phi) is 2.92. The summed E-state index contributed by atoms with van der Waals surface area (Å²) >= 11 is 0.213. The average Bonchev–Trinajstić information content (AvgIpc) is 3.29. The molecular weight excluding hydrogens is 385 g/mol. The van der Waals surface area contributed by atoms with Gasteiger partial charge in [0.1, 0.15) is 0 Å². The van der Waals surface area contributed by atoms with Crippen molar-refractivity contribution in [1.29, 1.82) is 0 Å². The molecule has 0 radical (unpaired) electrons. The molecular formula is C23H13NOSe. The number of para-hydroxylation sites is 2. The molecule has 0 unspecified atom stereocenters. The van der Waals surface area contributed by atoms with Crippen molar-refractivity contribution in [3.05, 3.63) is 78.9 Å². The molecule has 3 heteroatoms. The minimum absolute atomic E-state index is 0.213. The molecule has 0 atom stereocenters. The van der Waals surface area contributed by atoms with Crippen LogP contribution in [0.15, 0.2) is 83.3 Å². The topological polar surface area (TPSA) is 26.0 Å². The van der Waals surface area contributed by atoms with Crippen molar-refractivity contribution in [2.75, 3.05) is 0 Å². The van der Waals surface area contributed by atoms with E-state index in [2.05, 4.69) is 66.7 Å². The Bertz CT molecular complexity index is 1410. The third-order valence-corrected chi connectivity index (χ3v) is 7.14. The molecule has 0 aliphatic carbocycles. The van der Waals surface area contributed by atoms with Crippen molar-refractivity contribution in [2.24, 2.45) is 0 Å². The third kappa shape index (κ3) is 1.96. The normalized spacial score (nSPS) is 11.8. The number of aromatic nitrogens is 1. The van der Waals surface area contributed by atoms with Crippen LogP contribution < -0.4 is 0 Å². The Morgan fingerprint density at radius 1 is 0.769 bits per heavy atom. The molecule has 0 aliphatic heterocycles. The molecule has 6 aromatic rings. The van der Waals surface area contributed by atoms with Gasteiger partial charge in [0, 0.05) is 0 Å². The fraction of sp³-hybridized carbons (Fsp3) is 0. The quantitative estimate of drug-likeness (QED) is 0.317. The van der Waals surface area contributed by atoms with E-state index in [1.165, 1.54) is 25.2 Å². The monoisotopic (exact) mass is 399 g/mol. The number of furan rings is 1. The molecule has 0 saturated heterocycles. The summed E-state index contributed by atoms with van der Waals surface area (Å²) in [5, 5.41) is 4.71. The average molecular weight is 398 g/mol. The zero-order valence-corrected chi connectivity index (χ0v) is 15.5. The second kappa shape index (κ2) is 5.31. The van der Waals surface area contributed by atoms with E-state index in [0.717, 1.165) is 27.5 Å². The van der Waals surface area contributed by atoms with E-state index in [9.17, 15) is 0 Å². The fourth-order valence-electron chi connectivity index (χ4n) is 3.72. The summed E-state index contributed by atoms with van der Waals surface area (Å²) in [5.74, 6) is 0. The summed E-state index contributed by atoms with van der Waals surface area (Å²) in [6.07, 6.45) is 0. The SMILES string of the molecule is c1ccc2c(c1)cc(-c1nc3ccccc3[se]1)c1c3ccccc3oc21. The standard InChI is InChI=1S/C23H13NOSe/c1-2-8-15-14(7-1)13-17(23-24-18-10-4-6-12-20(18)26-23)21-16-9-3-5-11-19(16)25-22(15)21/h1-13H. The van der Waals surface area contributed by atoms with E-state index in [4.69, 9.17) is 9.40 Å². The van der Waals surface area contributed by atoms with Gasteiger partial charge in [-0.3, -0.25) is 0 Å². The van der Waals surface area contributed by atoms with E-state index in [-0.39, 0.29) is 14.5 Å². The van der Waals surface area contributed by atoms with Gasteiger partial charge in [-0.15, -0.1) is 0 Å². The van der Waals surface area contributed by atoms with Crippen LogP contribution in [0.1, 0.15) is 0 Å². The van der Waals surface area contributed by atoms with Gasteiger partial charge in [-0.05, 0) is 0 Å². The minimum atomic E-state index is 0.213. The summed E-state index contributed by atoms with van der Waals surface area (Å²) in [7, 11) is 0. The molecule has 2 heterocycles. The summed E-state index contributed by atoms with van der Waals surface area (Å²) < 4.78 is 8.83. The molecule has 2 aromatic heterocycles. The van der Waals surface area contributed by atoms with Gasteiger partial charge >= 0.3 is 155 Å². The first-order valence-corrected chi connectivity index (χ1v) is 10.3. The van der Waals surface area contributed by atoms with Crippen LogP contribution in [0.4, 0.5) is 0 Å². The van der Waals surface area contributed by atoms with Crippen LogP contribution in [0, 0.1) is 0 Å². The van der Waals surface area contributed by atoms with Gasteiger partial charge in [-0.2, -0.15) is 0 Å². The molecule has 6 rings (SSSR count). The van der Waals surface area contributed by atoms with E-state index in [0.29, 0.717) is 0 Å². The summed E-state index contributed by atoms with van der Waals surface area (Å²) in [4.78, 5) is 4.97. The van der Waals surface area contributed by atoms with Crippen molar-refractivity contribution in [3.63, 3.8) is 0 Å². The number of hydrogen-bond donors (Lipinski definition) is 0. The zero-order valence-electron chi connectivity index (χ0n) is 13.8. The third-order valence-electron chi connectivity index (χ3n) is 4.89. The van der Waals surface area contributed by atoms with Crippen LogP contribution in [-0.4, -0.2) is 19.5 Å². The molecule has 0 N–H and O–H groups in total. The Morgan fingerprint density at radius 3 is 2.46 bits per heavy atom. The first-order valence-electron chi connectivity index (χ1n) is 8.57. The fourth-order valence-corrected chi connectivity index (χ4v) is 5.79. The number of hydrogen-bond acceptors (Lipinski definition) is 2. The molecule has 2 nitrogen and oxygen atoms in total.